The monoisotopic (exact) mass is 379 g/mol. The number of aryl methyl sites for hydroxylation is 1. The maximum atomic E-state index is 10.5. The van der Waals surface area contributed by atoms with Crippen molar-refractivity contribution in [1.29, 1.82) is 0 Å². The fourth-order valence-corrected chi connectivity index (χ4v) is 4.00. The summed E-state index contributed by atoms with van der Waals surface area (Å²) < 4.78 is 6.11. The highest BCUT2D eigenvalue weighted by Gasteiger charge is 2.31. The number of ether oxygens (including phenoxy) is 1. The molecule has 0 radical (unpaired) electrons. The lowest BCUT2D eigenvalue weighted by Gasteiger charge is -2.24. The van der Waals surface area contributed by atoms with Crippen molar-refractivity contribution in [2.75, 3.05) is 24.6 Å². The summed E-state index contributed by atoms with van der Waals surface area (Å²) in [5.74, 6) is 3.40. The summed E-state index contributed by atoms with van der Waals surface area (Å²) in [6.07, 6.45) is 0.825. The second kappa shape index (κ2) is 9.00. The van der Waals surface area contributed by atoms with E-state index in [1.165, 1.54) is 5.56 Å². The summed E-state index contributed by atoms with van der Waals surface area (Å²) in [6.45, 7) is 12.1. The number of benzene rings is 1. The molecule has 0 aromatic heterocycles. The molecule has 1 aliphatic heterocycles. The van der Waals surface area contributed by atoms with E-state index < -0.39 is 5.60 Å². The van der Waals surface area contributed by atoms with Gasteiger partial charge in [0.05, 0.1) is 12.1 Å². The average Bonchev–Trinajstić information content (AvgIpc) is 2.97. The van der Waals surface area contributed by atoms with Crippen LogP contribution in [0.1, 0.15) is 45.2 Å². The Kier molecular flexibility index (Phi) is 7.24. The van der Waals surface area contributed by atoms with E-state index in [-0.39, 0.29) is 5.60 Å². The van der Waals surface area contributed by atoms with Gasteiger partial charge in [-0.05, 0) is 58.4 Å². The summed E-state index contributed by atoms with van der Waals surface area (Å²) in [5.41, 5.74) is 1.34. The number of hydrogen-bond donors (Lipinski definition) is 3. The minimum atomic E-state index is -0.634. The quantitative estimate of drug-likeness (QED) is 0.524. The molecule has 0 spiro atoms. The third kappa shape index (κ3) is 6.72. The van der Waals surface area contributed by atoms with E-state index in [0.29, 0.717) is 13.1 Å². The molecule has 1 aromatic rings. The summed E-state index contributed by atoms with van der Waals surface area (Å²) in [5, 5.41) is 17.1. The smallest absolute Gasteiger partial charge is 0.191 e. The Balaban J connectivity index is 2.08. The van der Waals surface area contributed by atoms with Gasteiger partial charge in [0, 0.05) is 24.4 Å². The van der Waals surface area contributed by atoms with E-state index in [0.717, 1.165) is 41.7 Å². The molecule has 26 heavy (non-hydrogen) atoms. The Morgan fingerprint density at radius 1 is 1.35 bits per heavy atom. The Morgan fingerprint density at radius 3 is 2.73 bits per heavy atom. The van der Waals surface area contributed by atoms with Gasteiger partial charge in [-0.2, -0.15) is 11.8 Å². The molecule has 3 N–H and O–H groups in total. The zero-order valence-corrected chi connectivity index (χ0v) is 17.5. The Morgan fingerprint density at radius 2 is 2.12 bits per heavy atom. The molecule has 1 fully saturated rings. The van der Waals surface area contributed by atoms with Crippen molar-refractivity contribution in [1.82, 2.24) is 10.6 Å². The van der Waals surface area contributed by atoms with Gasteiger partial charge in [0.1, 0.15) is 11.4 Å². The molecule has 6 heteroatoms. The van der Waals surface area contributed by atoms with E-state index in [9.17, 15) is 5.11 Å². The Bertz CT molecular complexity index is 620. The number of aliphatic hydroxyl groups is 1. The van der Waals surface area contributed by atoms with E-state index in [1.54, 1.807) is 11.8 Å². The van der Waals surface area contributed by atoms with E-state index in [2.05, 4.69) is 35.8 Å². The van der Waals surface area contributed by atoms with Gasteiger partial charge < -0.3 is 20.5 Å². The number of rotatable bonds is 6. The van der Waals surface area contributed by atoms with Crippen molar-refractivity contribution in [3.63, 3.8) is 0 Å². The van der Waals surface area contributed by atoms with Crippen LogP contribution < -0.4 is 15.4 Å². The maximum Gasteiger partial charge on any atom is 0.191 e. The molecule has 1 aromatic carbocycles. The van der Waals surface area contributed by atoms with Crippen molar-refractivity contribution in [2.45, 2.75) is 58.8 Å². The van der Waals surface area contributed by atoms with Crippen LogP contribution >= 0.6 is 11.8 Å². The first-order valence-corrected chi connectivity index (χ1v) is 10.5. The van der Waals surface area contributed by atoms with Crippen molar-refractivity contribution in [2.24, 2.45) is 4.99 Å². The zero-order chi connectivity index (χ0) is 19.2. The van der Waals surface area contributed by atoms with Crippen LogP contribution in [0.25, 0.3) is 0 Å². The minimum absolute atomic E-state index is 0.252. The van der Waals surface area contributed by atoms with Crippen LogP contribution in [0.3, 0.4) is 0 Å². The van der Waals surface area contributed by atoms with Crippen molar-refractivity contribution >= 4 is 17.7 Å². The average molecular weight is 380 g/mol. The molecule has 0 bridgehead atoms. The van der Waals surface area contributed by atoms with Gasteiger partial charge in [-0.1, -0.05) is 12.1 Å². The molecule has 1 atom stereocenters. The van der Waals surface area contributed by atoms with Crippen molar-refractivity contribution in [3.05, 3.63) is 29.3 Å². The van der Waals surface area contributed by atoms with Crippen LogP contribution in [0.15, 0.2) is 23.2 Å². The van der Waals surface area contributed by atoms with Gasteiger partial charge in [0.15, 0.2) is 5.96 Å². The van der Waals surface area contributed by atoms with Gasteiger partial charge >= 0.3 is 0 Å². The summed E-state index contributed by atoms with van der Waals surface area (Å²) in [4.78, 5) is 4.69. The van der Waals surface area contributed by atoms with Crippen LogP contribution in [0.5, 0.6) is 5.75 Å². The lowest BCUT2D eigenvalue weighted by Crippen LogP contribution is -2.47. The molecule has 0 saturated carbocycles. The summed E-state index contributed by atoms with van der Waals surface area (Å²) >= 11 is 1.80. The zero-order valence-electron chi connectivity index (χ0n) is 16.7. The predicted octanol–water partition coefficient (Wildman–Crippen LogP) is 3.10. The standard InChI is InChI=1S/C20H33N3O2S/c1-6-21-18(23-13-20(24)9-10-26-14-20)22-12-16-8-7-15(2)11-17(16)25-19(3,4)5/h7-8,11,24H,6,9-10,12-14H2,1-5H3,(H2,21,22,23). The van der Waals surface area contributed by atoms with E-state index in [4.69, 9.17) is 9.73 Å². The normalized spacial score (nSPS) is 20.9. The fraction of sp³-hybridized carbons (Fsp3) is 0.650. The largest absolute Gasteiger partial charge is 0.488 e. The molecule has 0 aliphatic carbocycles. The van der Waals surface area contributed by atoms with Crippen molar-refractivity contribution in [3.8, 4) is 5.75 Å². The van der Waals surface area contributed by atoms with Gasteiger partial charge in [-0.15, -0.1) is 0 Å². The maximum absolute atomic E-state index is 10.5. The van der Waals surface area contributed by atoms with Crippen LogP contribution in [0.4, 0.5) is 0 Å². The molecular weight excluding hydrogens is 346 g/mol. The van der Waals surface area contributed by atoms with Gasteiger partial charge in [-0.3, -0.25) is 0 Å². The highest BCUT2D eigenvalue weighted by molar-refractivity contribution is 7.99. The summed E-state index contributed by atoms with van der Waals surface area (Å²) in [7, 11) is 0. The molecule has 2 rings (SSSR count). The molecule has 1 unspecified atom stereocenters. The Labute approximate surface area is 162 Å². The topological polar surface area (TPSA) is 65.9 Å². The van der Waals surface area contributed by atoms with Gasteiger partial charge in [0.2, 0.25) is 0 Å². The highest BCUT2D eigenvalue weighted by atomic mass is 32.2. The number of aliphatic imine (C=N–C) groups is 1. The molecule has 1 aliphatic rings. The van der Waals surface area contributed by atoms with Crippen molar-refractivity contribution < 1.29 is 9.84 Å². The first-order chi connectivity index (χ1) is 12.2. The van der Waals surface area contributed by atoms with Crippen LogP contribution in [0.2, 0.25) is 0 Å². The first kappa shape index (κ1) is 20.9. The number of nitrogens with one attached hydrogen (secondary N) is 2. The Hall–Kier alpha value is -1.40. The summed E-state index contributed by atoms with van der Waals surface area (Å²) in [6, 6.07) is 6.22. The molecule has 1 saturated heterocycles. The number of hydrogen-bond acceptors (Lipinski definition) is 4. The highest BCUT2D eigenvalue weighted by Crippen LogP contribution is 2.27. The number of thioether (sulfide) groups is 1. The third-order valence-electron chi connectivity index (χ3n) is 4.06. The lowest BCUT2D eigenvalue weighted by molar-refractivity contribution is 0.0724. The van der Waals surface area contributed by atoms with Crippen LogP contribution in [-0.4, -0.2) is 46.9 Å². The third-order valence-corrected chi connectivity index (χ3v) is 5.29. The van der Waals surface area contributed by atoms with E-state index in [1.807, 2.05) is 27.7 Å². The lowest BCUT2D eigenvalue weighted by atomic mass is 10.0. The van der Waals surface area contributed by atoms with Gasteiger partial charge in [0.25, 0.3) is 0 Å². The minimum Gasteiger partial charge on any atom is -0.488 e. The molecule has 146 valence electrons. The van der Waals surface area contributed by atoms with Crippen LogP contribution in [0, 0.1) is 6.92 Å². The number of nitrogens with zero attached hydrogens (tertiary/aromatic N) is 1. The number of guanidine groups is 1. The molecule has 5 nitrogen and oxygen atoms in total. The van der Waals surface area contributed by atoms with Gasteiger partial charge in [-0.25, -0.2) is 4.99 Å². The SMILES string of the molecule is CCNC(=NCc1ccc(C)cc1OC(C)(C)C)NCC1(O)CCSC1. The van der Waals surface area contributed by atoms with Crippen LogP contribution in [-0.2, 0) is 6.54 Å². The second-order valence-electron chi connectivity index (χ2n) is 7.90. The predicted molar refractivity (Wildman–Crippen MR) is 111 cm³/mol. The molecular formula is C20H33N3O2S. The first-order valence-electron chi connectivity index (χ1n) is 9.32. The fourth-order valence-electron chi connectivity index (χ4n) is 2.71. The second-order valence-corrected chi connectivity index (χ2v) is 9.01. The molecule has 1 heterocycles. The molecule has 0 amide bonds. The van der Waals surface area contributed by atoms with E-state index >= 15 is 0 Å².